The maximum Gasteiger partial charge on any atom is 0.152 e. The van der Waals surface area contributed by atoms with E-state index in [2.05, 4.69) is 11.8 Å². The Morgan fingerprint density at radius 2 is 2.00 bits per heavy atom. The van der Waals surface area contributed by atoms with Crippen LogP contribution in [0, 0.1) is 11.8 Å². The Labute approximate surface area is 99.4 Å². The van der Waals surface area contributed by atoms with Crippen molar-refractivity contribution in [1.29, 1.82) is 0 Å². The van der Waals surface area contributed by atoms with E-state index in [4.69, 9.17) is 0 Å². The van der Waals surface area contributed by atoms with Crippen LogP contribution in [-0.4, -0.2) is 29.3 Å². The predicted molar refractivity (Wildman–Crippen MR) is 66.4 cm³/mol. The van der Waals surface area contributed by atoms with Crippen LogP contribution in [-0.2, 0) is 4.79 Å². The van der Waals surface area contributed by atoms with E-state index in [1.54, 1.807) is 0 Å². The van der Waals surface area contributed by atoms with E-state index in [1.165, 1.54) is 25.7 Å². The molecule has 2 heteroatoms. The summed E-state index contributed by atoms with van der Waals surface area (Å²) in [5.74, 6) is 1.47. The molecule has 3 atom stereocenters. The standard InChI is InChI=1S/C14H25NO/c1-4-15-12-8-6-5-7-11(12)9-13(15)14(16)10(2)3/h10-13H,4-9H2,1-3H3. The monoisotopic (exact) mass is 223 g/mol. The lowest BCUT2D eigenvalue weighted by molar-refractivity contribution is -0.126. The lowest BCUT2D eigenvalue weighted by Gasteiger charge is -2.32. The van der Waals surface area contributed by atoms with E-state index in [9.17, 15) is 4.79 Å². The summed E-state index contributed by atoms with van der Waals surface area (Å²) < 4.78 is 0. The van der Waals surface area contributed by atoms with Gasteiger partial charge in [0, 0.05) is 12.0 Å². The van der Waals surface area contributed by atoms with Crippen LogP contribution in [0.25, 0.3) is 0 Å². The molecule has 92 valence electrons. The molecular formula is C14H25NO. The molecule has 0 aromatic heterocycles. The molecule has 3 unspecified atom stereocenters. The molecule has 0 amide bonds. The van der Waals surface area contributed by atoms with Crippen molar-refractivity contribution in [3.8, 4) is 0 Å². The summed E-state index contributed by atoms with van der Waals surface area (Å²) in [4.78, 5) is 14.7. The molecule has 1 saturated carbocycles. The molecule has 16 heavy (non-hydrogen) atoms. The maximum atomic E-state index is 12.2. The molecule has 0 radical (unpaired) electrons. The number of likely N-dealkylation sites (N-methyl/N-ethyl adjacent to an activating group) is 1. The zero-order valence-electron chi connectivity index (χ0n) is 10.9. The Morgan fingerprint density at radius 3 is 2.62 bits per heavy atom. The number of carbonyl (C=O) groups excluding carboxylic acids is 1. The van der Waals surface area contributed by atoms with Crippen LogP contribution in [0.3, 0.4) is 0 Å². The van der Waals surface area contributed by atoms with Crippen LogP contribution in [0.5, 0.6) is 0 Å². The quantitative estimate of drug-likeness (QED) is 0.733. The second-order valence-electron chi connectivity index (χ2n) is 5.75. The molecule has 1 heterocycles. The molecule has 0 aromatic carbocycles. The van der Waals surface area contributed by atoms with Gasteiger partial charge >= 0.3 is 0 Å². The van der Waals surface area contributed by atoms with E-state index in [0.717, 1.165) is 18.9 Å². The van der Waals surface area contributed by atoms with Crippen molar-refractivity contribution in [3.05, 3.63) is 0 Å². The lowest BCUT2D eigenvalue weighted by atomic mass is 9.84. The molecule has 2 fully saturated rings. The van der Waals surface area contributed by atoms with Crippen molar-refractivity contribution in [3.63, 3.8) is 0 Å². The maximum absolute atomic E-state index is 12.2. The Kier molecular flexibility index (Phi) is 3.68. The Balaban J connectivity index is 2.11. The van der Waals surface area contributed by atoms with Gasteiger partial charge in [0.15, 0.2) is 5.78 Å². The minimum Gasteiger partial charge on any atom is -0.298 e. The fourth-order valence-electron chi connectivity index (χ4n) is 3.67. The van der Waals surface area contributed by atoms with Crippen LogP contribution in [0.4, 0.5) is 0 Å². The SMILES string of the molecule is CCN1C(C(=O)C(C)C)CC2CCCCC21. The lowest BCUT2D eigenvalue weighted by Crippen LogP contribution is -2.43. The average Bonchev–Trinajstić information content (AvgIpc) is 2.65. The molecule has 1 aliphatic heterocycles. The van der Waals surface area contributed by atoms with Crippen LogP contribution in [0.2, 0.25) is 0 Å². The van der Waals surface area contributed by atoms with Crippen LogP contribution >= 0.6 is 0 Å². The fourth-order valence-corrected chi connectivity index (χ4v) is 3.67. The summed E-state index contributed by atoms with van der Waals surface area (Å²) in [6.45, 7) is 7.33. The molecule has 2 rings (SSSR count). The summed E-state index contributed by atoms with van der Waals surface area (Å²) in [5, 5.41) is 0. The van der Waals surface area contributed by atoms with E-state index in [0.29, 0.717) is 11.8 Å². The van der Waals surface area contributed by atoms with Crippen molar-refractivity contribution < 1.29 is 4.79 Å². The van der Waals surface area contributed by atoms with E-state index in [1.807, 2.05) is 13.8 Å². The molecule has 0 aromatic rings. The fraction of sp³-hybridized carbons (Fsp3) is 0.929. The van der Waals surface area contributed by atoms with Crippen molar-refractivity contribution in [2.24, 2.45) is 11.8 Å². The van der Waals surface area contributed by atoms with Crippen molar-refractivity contribution in [1.82, 2.24) is 4.90 Å². The number of carbonyl (C=O) groups is 1. The van der Waals surface area contributed by atoms with Crippen molar-refractivity contribution >= 4 is 5.78 Å². The third kappa shape index (κ3) is 2.04. The zero-order valence-corrected chi connectivity index (χ0v) is 10.9. The summed E-state index contributed by atoms with van der Waals surface area (Å²) in [5.41, 5.74) is 0. The smallest absolute Gasteiger partial charge is 0.152 e. The highest BCUT2D eigenvalue weighted by Crippen LogP contribution is 2.40. The predicted octanol–water partition coefficient (Wildman–Crippen LogP) is 2.86. The summed E-state index contributed by atoms with van der Waals surface area (Å²) in [6, 6.07) is 0.949. The third-order valence-corrected chi connectivity index (χ3v) is 4.48. The highest BCUT2D eigenvalue weighted by atomic mass is 16.1. The van der Waals surface area contributed by atoms with Crippen molar-refractivity contribution in [2.45, 2.75) is 65.0 Å². The van der Waals surface area contributed by atoms with E-state index >= 15 is 0 Å². The highest BCUT2D eigenvalue weighted by Gasteiger charge is 2.44. The molecule has 0 N–H and O–H groups in total. The Morgan fingerprint density at radius 1 is 1.31 bits per heavy atom. The van der Waals surface area contributed by atoms with Crippen LogP contribution in [0.1, 0.15) is 52.9 Å². The number of nitrogens with zero attached hydrogens (tertiary/aromatic N) is 1. The molecule has 0 spiro atoms. The topological polar surface area (TPSA) is 20.3 Å². The molecule has 2 nitrogen and oxygen atoms in total. The zero-order chi connectivity index (χ0) is 11.7. The number of likely N-dealkylation sites (tertiary alicyclic amines) is 1. The number of ketones is 1. The normalized spacial score (nSPS) is 35.4. The summed E-state index contributed by atoms with van der Waals surface area (Å²) in [7, 11) is 0. The second kappa shape index (κ2) is 4.87. The van der Waals surface area contributed by atoms with Gasteiger partial charge in [-0.15, -0.1) is 0 Å². The van der Waals surface area contributed by atoms with Gasteiger partial charge in [-0.2, -0.15) is 0 Å². The molecule has 2 aliphatic rings. The molecule has 1 aliphatic carbocycles. The number of Topliss-reactive ketones (excluding diaryl/α,β-unsaturated/α-hetero) is 1. The third-order valence-electron chi connectivity index (χ3n) is 4.48. The van der Waals surface area contributed by atoms with Gasteiger partial charge in [0.25, 0.3) is 0 Å². The van der Waals surface area contributed by atoms with Gasteiger partial charge in [0.1, 0.15) is 0 Å². The number of fused-ring (bicyclic) bond motifs is 1. The van der Waals surface area contributed by atoms with Gasteiger partial charge in [-0.3, -0.25) is 9.69 Å². The number of hydrogen-bond acceptors (Lipinski definition) is 2. The average molecular weight is 223 g/mol. The second-order valence-corrected chi connectivity index (χ2v) is 5.75. The van der Waals surface area contributed by atoms with E-state index < -0.39 is 0 Å². The first kappa shape index (κ1) is 12.1. The summed E-state index contributed by atoms with van der Waals surface area (Å²) in [6.07, 6.45) is 6.54. The first-order chi connectivity index (χ1) is 7.65. The van der Waals surface area contributed by atoms with Crippen molar-refractivity contribution in [2.75, 3.05) is 6.54 Å². The highest BCUT2D eigenvalue weighted by molar-refractivity contribution is 5.86. The van der Waals surface area contributed by atoms with Gasteiger partial charge in [-0.05, 0) is 31.7 Å². The van der Waals surface area contributed by atoms with Gasteiger partial charge in [0.05, 0.1) is 6.04 Å². The largest absolute Gasteiger partial charge is 0.298 e. The van der Waals surface area contributed by atoms with E-state index in [-0.39, 0.29) is 12.0 Å². The number of rotatable bonds is 3. The van der Waals surface area contributed by atoms with Crippen LogP contribution in [0.15, 0.2) is 0 Å². The minimum absolute atomic E-state index is 0.194. The molecular weight excluding hydrogens is 198 g/mol. The molecule has 1 saturated heterocycles. The molecule has 0 bridgehead atoms. The Bertz CT molecular complexity index is 261. The summed E-state index contributed by atoms with van der Waals surface area (Å²) >= 11 is 0. The first-order valence-electron chi connectivity index (χ1n) is 6.94. The van der Waals surface area contributed by atoms with Gasteiger partial charge in [0.2, 0.25) is 0 Å². The minimum atomic E-state index is 0.194. The first-order valence-corrected chi connectivity index (χ1v) is 6.94. The van der Waals surface area contributed by atoms with Gasteiger partial charge in [-0.1, -0.05) is 33.6 Å². The van der Waals surface area contributed by atoms with Gasteiger partial charge in [-0.25, -0.2) is 0 Å². The Hall–Kier alpha value is -0.370. The number of hydrogen-bond donors (Lipinski definition) is 0. The van der Waals surface area contributed by atoms with Crippen LogP contribution < -0.4 is 0 Å². The van der Waals surface area contributed by atoms with Gasteiger partial charge < -0.3 is 0 Å².